The fourth-order valence-electron chi connectivity index (χ4n) is 2.96. The van der Waals surface area contributed by atoms with Gasteiger partial charge < -0.3 is 14.5 Å². The first kappa shape index (κ1) is 17.5. The highest BCUT2D eigenvalue weighted by atomic mass is 32.1. The Bertz CT molecular complexity index is 764. The third kappa shape index (κ3) is 4.02. The van der Waals surface area contributed by atoms with Crippen molar-refractivity contribution in [1.29, 1.82) is 0 Å². The molecule has 2 amide bonds. The van der Waals surface area contributed by atoms with E-state index in [9.17, 15) is 9.59 Å². The predicted molar refractivity (Wildman–Crippen MR) is 98.2 cm³/mol. The van der Waals surface area contributed by atoms with E-state index in [1.807, 2.05) is 52.4 Å². The van der Waals surface area contributed by atoms with E-state index >= 15 is 0 Å². The summed E-state index contributed by atoms with van der Waals surface area (Å²) in [7, 11) is 1.62. The maximum atomic E-state index is 12.5. The van der Waals surface area contributed by atoms with Gasteiger partial charge in [0.05, 0.1) is 18.4 Å². The van der Waals surface area contributed by atoms with Crippen LogP contribution in [0.5, 0.6) is 5.75 Å². The first-order valence-electron chi connectivity index (χ1n) is 8.32. The van der Waals surface area contributed by atoms with Crippen LogP contribution in [0.2, 0.25) is 0 Å². The van der Waals surface area contributed by atoms with E-state index in [1.165, 1.54) is 11.3 Å². The van der Waals surface area contributed by atoms with Crippen molar-refractivity contribution >= 4 is 23.2 Å². The summed E-state index contributed by atoms with van der Waals surface area (Å²) in [6.07, 6.45) is 0.356. The van der Waals surface area contributed by atoms with Gasteiger partial charge in [-0.15, -0.1) is 11.3 Å². The molecule has 0 N–H and O–H groups in total. The van der Waals surface area contributed by atoms with Gasteiger partial charge in [0.15, 0.2) is 0 Å². The number of hydrogen-bond acceptors (Lipinski definition) is 4. The number of methoxy groups -OCH3 is 1. The van der Waals surface area contributed by atoms with Gasteiger partial charge in [-0.2, -0.15) is 0 Å². The van der Waals surface area contributed by atoms with E-state index in [4.69, 9.17) is 4.74 Å². The zero-order valence-corrected chi connectivity index (χ0v) is 15.3. The molecule has 0 radical (unpaired) electrons. The molecule has 1 aliphatic heterocycles. The smallest absolute Gasteiger partial charge is 0.264 e. The number of carbonyl (C=O) groups excluding carboxylic acids is 2. The molecule has 2 aromatic rings. The summed E-state index contributed by atoms with van der Waals surface area (Å²) in [6, 6.07) is 9.54. The Kier molecular flexibility index (Phi) is 5.38. The molecule has 0 bridgehead atoms. The SMILES string of the molecule is COc1cccc(CC(=O)N2CCN(C(=O)c3sccc3C)CC2)c1. The average molecular weight is 358 g/mol. The zero-order chi connectivity index (χ0) is 17.8. The first-order chi connectivity index (χ1) is 12.1. The van der Waals surface area contributed by atoms with Crippen LogP contribution < -0.4 is 4.74 Å². The van der Waals surface area contributed by atoms with Crippen molar-refractivity contribution in [3.63, 3.8) is 0 Å². The normalized spacial score (nSPS) is 14.5. The summed E-state index contributed by atoms with van der Waals surface area (Å²) in [5.74, 6) is 0.923. The Morgan fingerprint density at radius 2 is 1.84 bits per heavy atom. The molecule has 0 spiro atoms. The molecule has 132 valence electrons. The number of hydrogen-bond donors (Lipinski definition) is 0. The lowest BCUT2D eigenvalue weighted by Crippen LogP contribution is -2.50. The summed E-state index contributed by atoms with van der Waals surface area (Å²) >= 11 is 1.48. The molecule has 0 atom stereocenters. The van der Waals surface area contributed by atoms with Crippen molar-refractivity contribution in [3.8, 4) is 5.75 Å². The van der Waals surface area contributed by atoms with Crippen molar-refractivity contribution in [2.45, 2.75) is 13.3 Å². The molecule has 1 aliphatic rings. The van der Waals surface area contributed by atoms with E-state index in [0.717, 1.165) is 21.8 Å². The third-order valence-corrected chi connectivity index (χ3v) is 5.47. The highest BCUT2D eigenvalue weighted by Crippen LogP contribution is 2.19. The molecule has 1 aromatic carbocycles. The molecule has 0 saturated carbocycles. The monoisotopic (exact) mass is 358 g/mol. The van der Waals surface area contributed by atoms with Gasteiger partial charge in [-0.3, -0.25) is 9.59 Å². The third-order valence-electron chi connectivity index (χ3n) is 4.47. The molecule has 6 heteroatoms. The Balaban J connectivity index is 1.55. The number of carbonyl (C=O) groups is 2. The van der Waals surface area contributed by atoms with Crippen molar-refractivity contribution < 1.29 is 14.3 Å². The Labute approximate surface area is 151 Å². The second-order valence-electron chi connectivity index (χ2n) is 6.13. The van der Waals surface area contributed by atoms with Crippen LogP contribution in [-0.4, -0.2) is 54.9 Å². The summed E-state index contributed by atoms with van der Waals surface area (Å²) in [5.41, 5.74) is 1.96. The molecule has 25 heavy (non-hydrogen) atoms. The summed E-state index contributed by atoms with van der Waals surface area (Å²) < 4.78 is 5.20. The molecule has 3 rings (SSSR count). The number of aryl methyl sites for hydroxylation is 1. The molecule has 0 aliphatic carbocycles. The van der Waals surface area contributed by atoms with E-state index in [1.54, 1.807) is 7.11 Å². The summed E-state index contributed by atoms with van der Waals surface area (Å²) in [6.45, 7) is 4.29. The number of nitrogens with zero attached hydrogens (tertiary/aromatic N) is 2. The van der Waals surface area contributed by atoms with Gasteiger partial charge in [0.2, 0.25) is 5.91 Å². The number of benzene rings is 1. The van der Waals surface area contributed by atoms with Crippen LogP contribution in [0.25, 0.3) is 0 Å². The van der Waals surface area contributed by atoms with Gasteiger partial charge in [0.25, 0.3) is 5.91 Å². The highest BCUT2D eigenvalue weighted by Gasteiger charge is 2.26. The van der Waals surface area contributed by atoms with Crippen molar-refractivity contribution in [3.05, 3.63) is 51.7 Å². The van der Waals surface area contributed by atoms with E-state index < -0.39 is 0 Å². The minimum atomic E-state index is 0.0763. The van der Waals surface area contributed by atoms with Gasteiger partial charge in [-0.1, -0.05) is 12.1 Å². The molecule has 5 nitrogen and oxygen atoms in total. The van der Waals surface area contributed by atoms with Crippen LogP contribution in [0.3, 0.4) is 0 Å². The lowest BCUT2D eigenvalue weighted by Gasteiger charge is -2.34. The quantitative estimate of drug-likeness (QED) is 0.844. The maximum Gasteiger partial charge on any atom is 0.264 e. The van der Waals surface area contributed by atoms with Gasteiger partial charge in [-0.25, -0.2) is 0 Å². The Morgan fingerprint density at radius 3 is 2.48 bits per heavy atom. The van der Waals surface area contributed by atoms with Crippen LogP contribution in [0.4, 0.5) is 0 Å². The number of piperazine rings is 1. The first-order valence-corrected chi connectivity index (χ1v) is 9.20. The van der Waals surface area contributed by atoms with Crippen molar-refractivity contribution in [1.82, 2.24) is 9.80 Å². The van der Waals surface area contributed by atoms with Gasteiger partial charge in [0, 0.05) is 26.2 Å². The average Bonchev–Trinajstić information content (AvgIpc) is 3.07. The van der Waals surface area contributed by atoms with Gasteiger partial charge >= 0.3 is 0 Å². The van der Waals surface area contributed by atoms with Gasteiger partial charge in [-0.05, 0) is 41.6 Å². The maximum absolute atomic E-state index is 12.5. The van der Waals surface area contributed by atoms with Crippen LogP contribution >= 0.6 is 11.3 Å². The van der Waals surface area contributed by atoms with Crippen LogP contribution in [0.15, 0.2) is 35.7 Å². The second-order valence-corrected chi connectivity index (χ2v) is 7.05. The van der Waals surface area contributed by atoms with Crippen LogP contribution in [0.1, 0.15) is 20.8 Å². The fraction of sp³-hybridized carbons (Fsp3) is 0.368. The van der Waals surface area contributed by atoms with Crippen molar-refractivity contribution in [2.75, 3.05) is 33.3 Å². The van der Waals surface area contributed by atoms with Crippen LogP contribution in [0, 0.1) is 6.92 Å². The molecular weight excluding hydrogens is 336 g/mol. The minimum absolute atomic E-state index is 0.0763. The fourth-order valence-corrected chi connectivity index (χ4v) is 3.86. The number of ether oxygens (including phenoxy) is 1. The molecule has 1 saturated heterocycles. The standard InChI is InChI=1S/C19H22N2O3S/c1-14-6-11-25-18(14)19(23)21-9-7-20(8-10-21)17(22)13-15-4-3-5-16(12-15)24-2/h3-6,11-12H,7-10,13H2,1-2H3. The second kappa shape index (κ2) is 7.70. The largest absolute Gasteiger partial charge is 0.497 e. The van der Waals surface area contributed by atoms with E-state index in [2.05, 4.69) is 0 Å². The number of amides is 2. The van der Waals surface area contributed by atoms with Gasteiger partial charge in [0.1, 0.15) is 5.75 Å². The zero-order valence-electron chi connectivity index (χ0n) is 14.5. The number of rotatable bonds is 4. The minimum Gasteiger partial charge on any atom is -0.497 e. The van der Waals surface area contributed by atoms with E-state index in [0.29, 0.717) is 32.6 Å². The Morgan fingerprint density at radius 1 is 1.12 bits per heavy atom. The van der Waals surface area contributed by atoms with Crippen molar-refractivity contribution in [2.24, 2.45) is 0 Å². The topological polar surface area (TPSA) is 49.9 Å². The summed E-state index contributed by atoms with van der Waals surface area (Å²) in [4.78, 5) is 29.5. The lowest BCUT2D eigenvalue weighted by molar-refractivity contribution is -0.131. The van der Waals surface area contributed by atoms with Crippen LogP contribution in [-0.2, 0) is 11.2 Å². The summed E-state index contributed by atoms with van der Waals surface area (Å²) in [5, 5.41) is 1.94. The lowest BCUT2D eigenvalue weighted by atomic mass is 10.1. The van der Waals surface area contributed by atoms with E-state index in [-0.39, 0.29) is 11.8 Å². The molecule has 0 unspecified atom stereocenters. The molecule has 2 heterocycles. The molecule has 1 aromatic heterocycles. The number of thiophene rings is 1. The molecular formula is C19H22N2O3S. The predicted octanol–water partition coefficient (Wildman–Crippen LogP) is 2.59. The molecule has 1 fully saturated rings. The Hall–Kier alpha value is -2.34. The highest BCUT2D eigenvalue weighted by molar-refractivity contribution is 7.12.